The zero-order valence-corrected chi connectivity index (χ0v) is 24.5. The standard InChI is InChI=1S/C29H37F3N8O2/c1-16(2)25(22-9-8-20(11-23(22)30)42-28(31)32)37-12-18(4)38(13-17(37)3)26-24-27(40-15-33-36-29(40)35-26)39(19(5)34-24)14-21-7-6-10-41-21/h8-9,11,15-18,21,25,28H,6-7,10,12-14H2,1-5H3/t17-,18+,21+,25-/m1/s1. The maximum Gasteiger partial charge on any atom is 0.387 e. The van der Waals surface area contributed by atoms with E-state index in [-0.39, 0.29) is 35.9 Å². The molecule has 0 bridgehead atoms. The Labute approximate surface area is 242 Å². The Morgan fingerprint density at radius 2 is 1.93 bits per heavy atom. The number of rotatable bonds is 8. The van der Waals surface area contributed by atoms with Crippen molar-refractivity contribution in [2.45, 2.75) is 84.8 Å². The number of ether oxygens (including phenoxy) is 2. The fourth-order valence-electron chi connectivity index (χ4n) is 6.64. The zero-order chi connectivity index (χ0) is 29.7. The molecule has 2 aliphatic heterocycles. The second-order valence-electron chi connectivity index (χ2n) is 11.8. The number of benzene rings is 1. The number of alkyl halides is 2. The molecule has 0 unspecified atom stereocenters. The van der Waals surface area contributed by atoms with Crippen LogP contribution in [0.1, 0.15) is 58.0 Å². The highest BCUT2D eigenvalue weighted by molar-refractivity contribution is 5.87. The van der Waals surface area contributed by atoms with Crippen molar-refractivity contribution in [2.75, 3.05) is 24.6 Å². The number of halogens is 3. The summed E-state index contributed by atoms with van der Waals surface area (Å²) in [5, 5.41) is 8.42. The summed E-state index contributed by atoms with van der Waals surface area (Å²) < 4.78 is 55.1. The molecule has 6 rings (SSSR count). The molecule has 1 aromatic carbocycles. The van der Waals surface area contributed by atoms with Crippen LogP contribution in [0.2, 0.25) is 0 Å². The Hall–Kier alpha value is -3.45. The highest BCUT2D eigenvalue weighted by Crippen LogP contribution is 2.38. The normalized spacial score (nSPS) is 22.7. The van der Waals surface area contributed by atoms with Gasteiger partial charge >= 0.3 is 6.61 Å². The van der Waals surface area contributed by atoms with E-state index in [9.17, 15) is 8.78 Å². The van der Waals surface area contributed by atoms with Gasteiger partial charge in [0.25, 0.3) is 5.78 Å². The highest BCUT2D eigenvalue weighted by Gasteiger charge is 2.38. The van der Waals surface area contributed by atoms with Crippen molar-refractivity contribution in [2.24, 2.45) is 5.92 Å². The zero-order valence-electron chi connectivity index (χ0n) is 24.5. The van der Waals surface area contributed by atoms with Crippen LogP contribution in [0.25, 0.3) is 16.9 Å². The van der Waals surface area contributed by atoms with E-state index in [1.807, 2.05) is 25.2 Å². The minimum atomic E-state index is -3.01. The van der Waals surface area contributed by atoms with Gasteiger partial charge < -0.3 is 18.9 Å². The predicted molar refractivity (Wildman–Crippen MR) is 151 cm³/mol. The molecule has 4 aromatic rings. The Kier molecular flexibility index (Phi) is 7.73. The molecule has 42 heavy (non-hydrogen) atoms. The fraction of sp³-hybridized carbons (Fsp3) is 0.586. The van der Waals surface area contributed by atoms with Gasteiger partial charge in [0.1, 0.15) is 29.2 Å². The molecule has 5 heterocycles. The topological polar surface area (TPSA) is 85.8 Å². The van der Waals surface area contributed by atoms with Crippen LogP contribution in [-0.2, 0) is 11.3 Å². The van der Waals surface area contributed by atoms with Gasteiger partial charge in [-0.05, 0) is 45.6 Å². The van der Waals surface area contributed by atoms with Crippen LogP contribution in [0.3, 0.4) is 0 Å². The van der Waals surface area contributed by atoms with Crippen molar-refractivity contribution < 1.29 is 22.6 Å². The summed E-state index contributed by atoms with van der Waals surface area (Å²) >= 11 is 0. The van der Waals surface area contributed by atoms with Crippen LogP contribution in [-0.4, -0.2) is 78.5 Å². The molecule has 226 valence electrons. The van der Waals surface area contributed by atoms with Gasteiger partial charge in [0.15, 0.2) is 11.5 Å². The first-order valence-electron chi connectivity index (χ1n) is 14.6. The van der Waals surface area contributed by atoms with E-state index >= 15 is 4.39 Å². The van der Waals surface area contributed by atoms with E-state index in [0.717, 1.165) is 48.3 Å². The third kappa shape index (κ3) is 5.17. The lowest BCUT2D eigenvalue weighted by atomic mass is 9.91. The number of anilines is 1. The Morgan fingerprint density at radius 3 is 2.62 bits per heavy atom. The molecule has 0 spiro atoms. The van der Waals surface area contributed by atoms with Crippen LogP contribution in [0, 0.1) is 18.7 Å². The van der Waals surface area contributed by atoms with E-state index in [1.54, 1.807) is 12.4 Å². The second-order valence-corrected chi connectivity index (χ2v) is 11.8. The van der Waals surface area contributed by atoms with Gasteiger partial charge in [0.05, 0.1) is 12.6 Å². The summed E-state index contributed by atoms with van der Waals surface area (Å²) in [4.78, 5) is 14.5. The average molecular weight is 587 g/mol. The number of imidazole rings is 1. The van der Waals surface area contributed by atoms with Crippen molar-refractivity contribution in [1.29, 1.82) is 0 Å². The van der Waals surface area contributed by atoms with Crippen molar-refractivity contribution >= 4 is 22.8 Å². The summed E-state index contributed by atoms with van der Waals surface area (Å²) in [6.07, 6.45) is 3.87. The minimum Gasteiger partial charge on any atom is -0.435 e. The molecule has 2 aliphatic rings. The Balaban J connectivity index is 1.33. The molecule has 0 radical (unpaired) electrons. The van der Waals surface area contributed by atoms with Crippen LogP contribution in [0.15, 0.2) is 24.5 Å². The van der Waals surface area contributed by atoms with E-state index in [2.05, 4.69) is 43.1 Å². The van der Waals surface area contributed by atoms with Gasteiger partial charge in [-0.2, -0.15) is 13.8 Å². The third-order valence-corrected chi connectivity index (χ3v) is 8.53. The highest BCUT2D eigenvalue weighted by atomic mass is 19.3. The SMILES string of the molecule is Cc1nc2c(N3C[C@@H](C)N([C@@H](c4ccc(OC(F)F)cc4F)C(C)C)C[C@@H]3C)nc3nncn3c2n1C[C@@H]1CCCO1. The summed E-state index contributed by atoms with van der Waals surface area (Å²) in [5.41, 5.74) is 2.14. The van der Waals surface area contributed by atoms with E-state index in [1.165, 1.54) is 6.07 Å². The molecule has 2 saturated heterocycles. The third-order valence-electron chi connectivity index (χ3n) is 8.53. The lowest BCUT2D eigenvalue weighted by Gasteiger charge is -2.49. The molecule has 2 fully saturated rings. The molecule has 0 N–H and O–H groups in total. The number of aromatic nitrogens is 6. The summed E-state index contributed by atoms with van der Waals surface area (Å²) in [5.74, 6) is 1.45. The van der Waals surface area contributed by atoms with Crippen molar-refractivity contribution in [3.05, 3.63) is 41.7 Å². The summed E-state index contributed by atoms with van der Waals surface area (Å²) in [6, 6.07) is 3.79. The van der Waals surface area contributed by atoms with Gasteiger partial charge in [-0.15, -0.1) is 10.2 Å². The monoisotopic (exact) mass is 586 g/mol. The number of piperazine rings is 1. The van der Waals surface area contributed by atoms with Gasteiger partial charge in [0.2, 0.25) is 0 Å². The molecular formula is C29H37F3N8O2. The number of fused-ring (bicyclic) bond motifs is 3. The molecule has 4 atom stereocenters. The fourth-order valence-corrected chi connectivity index (χ4v) is 6.64. The van der Waals surface area contributed by atoms with Crippen LogP contribution in [0.5, 0.6) is 5.75 Å². The first-order chi connectivity index (χ1) is 20.1. The molecule has 3 aromatic heterocycles. The molecule has 10 nitrogen and oxygen atoms in total. The van der Waals surface area contributed by atoms with Gasteiger partial charge in [-0.25, -0.2) is 13.8 Å². The van der Waals surface area contributed by atoms with Crippen molar-refractivity contribution in [3.8, 4) is 5.75 Å². The van der Waals surface area contributed by atoms with Crippen LogP contribution >= 0.6 is 0 Å². The quantitative estimate of drug-likeness (QED) is 0.285. The van der Waals surface area contributed by atoms with E-state index in [4.69, 9.17) is 14.7 Å². The maximum absolute atomic E-state index is 15.3. The number of aryl methyl sites for hydroxylation is 1. The van der Waals surface area contributed by atoms with Crippen LogP contribution < -0.4 is 9.64 Å². The number of hydrogen-bond donors (Lipinski definition) is 0. The molecule has 0 saturated carbocycles. The van der Waals surface area contributed by atoms with Crippen molar-refractivity contribution in [1.82, 2.24) is 34.0 Å². The Bertz CT molecular complexity index is 1570. The van der Waals surface area contributed by atoms with Gasteiger partial charge in [0, 0.05) is 49.5 Å². The smallest absolute Gasteiger partial charge is 0.387 e. The lowest BCUT2D eigenvalue weighted by molar-refractivity contribution is -0.0500. The first-order valence-corrected chi connectivity index (χ1v) is 14.6. The summed E-state index contributed by atoms with van der Waals surface area (Å²) in [6.45, 7) is 10.1. The van der Waals surface area contributed by atoms with Gasteiger partial charge in [-0.3, -0.25) is 4.90 Å². The molecule has 0 amide bonds. The number of nitrogens with zero attached hydrogens (tertiary/aromatic N) is 8. The van der Waals surface area contributed by atoms with Crippen LogP contribution in [0.4, 0.5) is 19.0 Å². The first kappa shape index (κ1) is 28.7. The molecular weight excluding hydrogens is 549 g/mol. The maximum atomic E-state index is 15.3. The van der Waals surface area contributed by atoms with Gasteiger partial charge in [-0.1, -0.05) is 19.9 Å². The second kappa shape index (κ2) is 11.3. The Morgan fingerprint density at radius 1 is 1.12 bits per heavy atom. The minimum absolute atomic E-state index is 0.0108. The lowest BCUT2D eigenvalue weighted by Crippen LogP contribution is -2.58. The summed E-state index contributed by atoms with van der Waals surface area (Å²) in [7, 11) is 0. The van der Waals surface area contributed by atoms with Crippen molar-refractivity contribution in [3.63, 3.8) is 0 Å². The predicted octanol–water partition coefficient (Wildman–Crippen LogP) is 5.00. The largest absolute Gasteiger partial charge is 0.435 e. The van der Waals surface area contributed by atoms with E-state index < -0.39 is 12.4 Å². The number of hydrogen-bond acceptors (Lipinski definition) is 8. The van der Waals surface area contributed by atoms with E-state index in [0.29, 0.717) is 31.0 Å². The molecule has 13 heteroatoms. The molecule has 0 aliphatic carbocycles. The average Bonchev–Trinajstić information content (AvgIpc) is 3.67.